The van der Waals surface area contributed by atoms with E-state index in [-0.39, 0.29) is 0 Å². The summed E-state index contributed by atoms with van der Waals surface area (Å²) in [6, 6.07) is 17.3. The molecule has 1 saturated carbocycles. The van der Waals surface area contributed by atoms with Crippen molar-refractivity contribution in [1.29, 1.82) is 0 Å². The lowest BCUT2D eigenvalue weighted by atomic mass is 9.78. The van der Waals surface area contributed by atoms with E-state index in [1.807, 2.05) is 18.2 Å². The normalized spacial score (nSPS) is 18.5. The summed E-state index contributed by atoms with van der Waals surface area (Å²) in [5, 5.41) is 1.38. The minimum absolute atomic E-state index is 0.408. The highest BCUT2D eigenvalue weighted by Gasteiger charge is 2.21. The van der Waals surface area contributed by atoms with Gasteiger partial charge in [-0.2, -0.15) is 0 Å². The minimum atomic E-state index is -0.815. The van der Waals surface area contributed by atoms with Crippen molar-refractivity contribution >= 4 is 10.8 Å². The molecule has 0 aliphatic heterocycles. The first-order valence-electron chi connectivity index (χ1n) is 11.6. The van der Waals surface area contributed by atoms with E-state index in [0.717, 1.165) is 18.4 Å². The van der Waals surface area contributed by atoms with E-state index in [1.54, 1.807) is 0 Å². The number of hydrogen-bond donors (Lipinski definition) is 0. The molecule has 0 bridgehead atoms. The second-order valence-electron chi connectivity index (χ2n) is 8.84. The average Bonchev–Trinajstić information content (AvgIpc) is 2.79. The molecule has 0 nitrogen and oxygen atoms in total. The van der Waals surface area contributed by atoms with E-state index in [0.29, 0.717) is 22.6 Å². The molecule has 0 unspecified atom stereocenters. The summed E-state index contributed by atoms with van der Waals surface area (Å²) in [6.07, 6.45) is 9.63. The molecule has 3 aromatic carbocycles. The van der Waals surface area contributed by atoms with Gasteiger partial charge in [0.15, 0.2) is 11.6 Å². The molecule has 0 radical (unpaired) electrons. The van der Waals surface area contributed by atoms with Crippen LogP contribution in [0.25, 0.3) is 10.8 Å². The third-order valence-electron chi connectivity index (χ3n) is 6.55. The Morgan fingerprint density at radius 1 is 0.806 bits per heavy atom. The lowest BCUT2D eigenvalue weighted by Gasteiger charge is -2.26. The zero-order valence-corrected chi connectivity index (χ0v) is 18.3. The van der Waals surface area contributed by atoms with Gasteiger partial charge in [0.1, 0.15) is 0 Å². The zero-order chi connectivity index (χ0) is 21.6. The highest BCUT2D eigenvalue weighted by atomic mass is 19.2. The number of unbranched alkanes of at least 4 members (excludes halogenated alkanes) is 2. The van der Waals surface area contributed by atoms with E-state index in [1.165, 1.54) is 61.8 Å². The van der Waals surface area contributed by atoms with E-state index in [2.05, 4.69) is 43.0 Å². The smallest absolute Gasteiger partial charge is 0.159 e. The van der Waals surface area contributed by atoms with Crippen molar-refractivity contribution in [2.24, 2.45) is 5.92 Å². The third kappa shape index (κ3) is 5.53. The van der Waals surface area contributed by atoms with Crippen LogP contribution in [0.1, 0.15) is 74.5 Å². The van der Waals surface area contributed by atoms with Gasteiger partial charge in [-0.1, -0.05) is 61.9 Å². The maximum Gasteiger partial charge on any atom is 0.159 e. The monoisotopic (exact) mass is 416 g/mol. The molecule has 0 saturated heterocycles. The number of fused-ring (bicyclic) bond motifs is 1. The molecule has 3 aromatic rings. The molecule has 0 atom stereocenters. The Hall–Kier alpha value is -2.66. The largest absolute Gasteiger partial charge is 0.204 e. The van der Waals surface area contributed by atoms with Crippen molar-refractivity contribution in [3.8, 4) is 11.8 Å². The van der Waals surface area contributed by atoms with Gasteiger partial charge in [-0.05, 0) is 90.6 Å². The third-order valence-corrected chi connectivity index (χ3v) is 6.55. The minimum Gasteiger partial charge on any atom is -0.204 e. The second-order valence-corrected chi connectivity index (χ2v) is 8.84. The van der Waals surface area contributed by atoms with E-state index >= 15 is 0 Å². The summed E-state index contributed by atoms with van der Waals surface area (Å²) in [4.78, 5) is 0. The van der Waals surface area contributed by atoms with Crippen LogP contribution in [0.4, 0.5) is 8.78 Å². The van der Waals surface area contributed by atoms with Gasteiger partial charge in [0.25, 0.3) is 0 Å². The summed E-state index contributed by atoms with van der Waals surface area (Å²) in [5.41, 5.74) is 3.78. The van der Waals surface area contributed by atoms with Crippen molar-refractivity contribution in [3.63, 3.8) is 0 Å². The summed E-state index contributed by atoms with van der Waals surface area (Å²) in [6.45, 7) is 2.25. The first-order chi connectivity index (χ1) is 15.1. The number of hydrogen-bond acceptors (Lipinski definition) is 0. The average molecular weight is 417 g/mol. The fourth-order valence-electron chi connectivity index (χ4n) is 4.61. The molecule has 0 spiro atoms. The first-order valence-corrected chi connectivity index (χ1v) is 11.6. The molecule has 0 heterocycles. The summed E-state index contributed by atoms with van der Waals surface area (Å²) < 4.78 is 26.9. The Kier molecular flexibility index (Phi) is 7.03. The Balaban J connectivity index is 1.34. The predicted molar refractivity (Wildman–Crippen MR) is 125 cm³/mol. The van der Waals surface area contributed by atoms with Gasteiger partial charge < -0.3 is 0 Å². The highest BCUT2D eigenvalue weighted by Crippen LogP contribution is 2.35. The topological polar surface area (TPSA) is 0 Å². The summed E-state index contributed by atoms with van der Waals surface area (Å²) >= 11 is 0. The zero-order valence-electron chi connectivity index (χ0n) is 18.3. The molecule has 31 heavy (non-hydrogen) atoms. The number of aryl methyl sites for hydroxylation is 1. The molecule has 160 valence electrons. The van der Waals surface area contributed by atoms with Crippen molar-refractivity contribution in [2.45, 2.75) is 64.2 Å². The fourth-order valence-corrected chi connectivity index (χ4v) is 4.61. The Morgan fingerprint density at radius 2 is 1.52 bits per heavy atom. The van der Waals surface area contributed by atoms with E-state index in [4.69, 9.17) is 0 Å². The van der Waals surface area contributed by atoms with Gasteiger partial charge in [-0.15, -0.1) is 0 Å². The molecular formula is C29H30F2. The lowest BCUT2D eigenvalue weighted by molar-refractivity contribution is 0.384. The molecule has 1 aliphatic rings. The SMILES string of the molecule is CCCCCc1ccc(C2CCC(C#Cc3ccc4cc(F)c(F)cc4c3)CC2)cc1. The van der Waals surface area contributed by atoms with Crippen LogP contribution < -0.4 is 0 Å². The van der Waals surface area contributed by atoms with Gasteiger partial charge in [-0.25, -0.2) is 8.78 Å². The molecule has 1 aliphatic carbocycles. The van der Waals surface area contributed by atoms with Crippen LogP contribution in [0, 0.1) is 29.4 Å². The molecular weight excluding hydrogens is 386 g/mol. The van der Waals surface area contributed by atoms with E-state index in [9.17, 15) is 8.78 Å². The molecule has 0 amide bonds. The van der Waals surface area contributed by atoms with Gasteiger partial charge in [0.2, 0.25) is 0 Å². The quantitative estimate of drug-likeness (QED) is 0.291. The van der Waals surface area contributed by atoms with Gasteiger partial charge in [0.05, 0.1) is 0 Å². The van der Waals surface area contributed by atoms with Crippen LogP contribution in [-0.2, 0) is 6.42 Å². The van der Waals surface area contributed by atoms with Crippen LogP contribution in [0.2, 0.25) is 0 Å². The van der Waals surface area contributed by atoms with Gasteiger partial charge in [0, 0.05) is 11.5 Å². The Morgan fingerprint density at radius 3 is 2.23 bits per heavy atom. The molecule has 2 heteroatoms. The van der Waals surface area contributed by atoms with Crippen LogP contribution >= 0.6 is 0 Å². The number of halogens is 2. The van der Waals surface area contributed by atoms with Crippen LogP contribution in [0.3, 0.4) is 0 Å². The Bertz CT molecular complexity index is 1080. The van der Waals surface area contributed by atoms with Crippen molar-refractivity contribution in [1.82, 2.24) is 0 Å². The molecule has 4 rings (SSSR count). The summed E-state index contributed by atoms with van der Waals surface area (Å²) in [5.74, 6) is 6.10. The number of rotatable bonds is 5. The van der Waals surface area contributed by atoms with Crippen LogP contribution in [0.5, 0.6) is 0 Å². The summed E-state index contributed by atoms with van der Waals surface area (Å²) in [7, 11) is 0. The first kappa shape index (κ1) is 21.6. The van der Waals surface area contributed by atoms with Crippen LogP contribution in [-0.4, -0.2) is 0 Å². The standard InChI is InChI=1S/C29H30F2/c1-2-3-4-5-21-8-13-24(14-9-21)25-15-10-22(11-16-25)6-7-23-12-17-26-19-28(30)29(31)20-27(26)18-23/h8-9,12-14,17-20,22,25H,2-5,10-11,15-16H2,1H3. The predicted octanol–water partition coefficient (Wildman–Crippen LogP) is 8.18. The fraction of sp³-hybridized carbons (Fsp3) is 0.379. The number of benzene rings is 3. The molecule has 1 fully saturated rings. The van der Waals surface area contributed by atoms with Gasteiger partial charge in [-0.3, -0.25) is 0 Å². The van der Waals surface area contributed by atoms with Crippen molar-refractivity contribution in [2.75, 3.05) is 0 Å². The maximum atomic E-state index is 13.5. The van der Waals surface area contributed by atoms with Crippen molar-refractivity contribution in [3.05, 3.63) is 82.9 Å². The molecule has 0 N–H and O–H groups in total. The molecule has 0 aromatic heterocycles. The van der Waals surface area contributed by atoms with Crippen LogP contribution in [0.15, 0.2) is 54.6 Å². The van der Waals surface area contributed by atoms with Gasteiger partial charge >= 0.3 is 0 Å². The van der Waals surface area contributed by atoms with E-state index < -0.39 is 11.6 Å². The maximum absolute atomic E-state index is 13.5. The second kappa shape index (κ2) is 10.1. The Labute approximate surface area is 184 Å². The van der Waals surface area contributed by atoms with Crippen molar-refractivity contribution < 1.29 is 8.78 Å². The lowest BCUT2D eigenvalue weighted by Crippen LogP contribution is -2.12. The highest BCUT2D eigenvalue weighted by molar-refractivity contribution is 5.84.